The van der Waals surface area contributed by atoms with Gasteiger partial charge in [0.2, 0.25) is 0 Å². The molecule has 0 fully saturated rings. The summed E-state index contributed by atoms with van der Waals surface area (Å²) in [5.74, 6) is -0.672. The molecule has 2 aromatic carbocycles. The minimum Gasteiger partial charge on any atom is -0.461 e. The van der Waals surface area contributed by atoms with Crippen molar-refractivity contribution in [1.29, 1.82) is 0 Å². The third-order valence-corrected chi connectivity index (χ3v) is 3.52. The number of halogens is 1. The third kappa shape index (κ3) is 5.17. The Labute approximate surface area is 143 Å². The number of nitro benzene ring substituents is 1. The van der Waals surface area contributed by atoms with Gasteiger partial charge < -0.3 is 4.74 Å². The number of esters is 1. The molecule has 0 aliphatic heterocycles. The highest BCUT2D eigenvalue weighted by molar-refractivity contribution is 6.30. The van der Waals surface area contributed by atoms with Crippen LogP contribution in [0.5, 0.6) is 0 Å². The Hall–Kier alpha value is -2.73. The number of hydrogen-bond acceptors (Lipinski definition) is 5. The summed E-state index contributed by atoms with van der Waals surface area (Å²) in [6.45, 7) is 0.00592. The molecule has 2 rings (SSSR count). The van der Waals surface area contributed by atoms with E-state index in [4.69, 9.17) is 16.3 Å². The molecule has 0 heterocycles. The minimum absolute atomic E-state index is 0.00592. The van der Waals surface area contributed by atoms with E-state index >= 15 is 0 Å². The Bertz CT molecular complexity index is 741. The second-order valence-electron chi connectivity index (χ2n) is 5.01. The molecular formula is C17H14ClNO5. The number of ketones is 1. The highest BCUT2D eigenvalue weighted by Gasteiger charge is 2.11. The summed E-state index contributed by atoms with van der Waals surface area (Å²) >= 11 is 5.75. The van der Waals surface area contributed by atoms with Gasteiger partial charge in [0.1, 0.15) is 6.61 Å². The van der Waals surface area contributed by atoms with Crippen LogP contribution in [0.15, 0.2) is 48.5 Å². The molecule has 0 aromatic heterocycles. The van der Waals surface area contributed by atoms with Crippen LogP contribution in [0, 0.1) is 10.1 Å². The van der Waals surface area contributed by atoms with E-state index < -0.39 is 10.9 Å². The van der Waals surface area contributed by atoms with Crippen molar-refractivity contribution in [3.63, 3.8) is 0 Å². The lowest BCUT2D eigenvalue weighted by molar-refractivity contribution is -0.384. The second-order valence-corrected chi connectivity index (χ2v) is 5.45. The van der Waals surface area contributed by atoms with Gasteiger partial charge >= 0.3 is 5.97 Å². The number of non-ortho nitro benzene ring substituents is 1. The van der Waals surface area contributed by atoms with E-state index in [-0.39, 0.29) is 30.9 Å². The van der Waals surface area contributed by atoms with Crippen molar-refractivity contribution in [3.8, 4) is 0 Å². The summed E-state index contributed by atoms with van der Waals surface area (Å²) in [6, 6.07) is 12.2. The standard InChI is InChI=1S/C17H14ClNO5/c18-14-5-3-13(4-6-14)16(20)9-10-17(21)24-11-12-1-7-15(8-2-12)19(22)23/h1-8H,9-11H2. The average molecular weight is 348 g/mol. The Morgan fingerprint density at radius 2 is 1.62 bits per heavy atom. The Morgan fingerprint density at radius 1 is 1.00 bits per heavy atom. The topological polar surface area (TPSA) is 86.5 Å². The van der Waals surface area contributed by atoms with Gasteiger partial charge in [0.25, 0.3) is 5.69 Å². The molecule has 0 aliphatic carbocycles. The normalized spacial score (nSPS) is 10.2. The van der Waals surface area contributed by atoms with E-state index in [1.807, 2.05) is 0 Å². The molecule has 0 bridgehead atoms. The molecule has 0 spiro atoms. The van der Waals surface area contributed by atoms with Crippen LogP contribution in [-0.2, 0) is 16.1 Å². The highest BCUT2D eigenvalue weighted by Crippen LogP contribution is 2.14. The number of hydrogen-bond donors (Lipinski definition) is 0. The lowest BCUT2D eigenvalue weighted by Crippen LogP contribution is -2.08. The Kier molecular flexibility index (Phi) is 6.03. The van der Waals surface area contributed by atoms with E-state index in [2.05, 4.69) is 0 Å². The SMILES string of the molecule is O=C(CCC(=O)c1ccc(Cl)cc1)OCc1ccc([N+](=O)[O-])cc1. The Balaban J connectivity index is 1.77. The molecular weight excluding hydrogens is 334 g/mol. The van der Waals surface area contributed by atoms with E-state index in [0.29, 0.717) is 16.1 Å². The number of rotatable bonds is 7. The van der Waals surface area contributed by atoms with Crippen LogP contribution in [0.25, 0.3) is 0 Å². The van der Waals surface area contributed by atoms with Gasteiger partial charge in [-0.1, -0.05) is 11.6 Å². The van der Waals surface area contributed by atoms with Crippen LogP contribution in [0.2, 0.25) is 5.02 Å². The van der Waals surface area contributed by atoms with Crippen molar-refractivity contribution in [2.45, 2.75) is 19.4 Å². The van der Waals surface area contributed by atoms with Gasteiger partial charge in [-0.25, -0.2) is 0 Å². The summed E-state index contributed by atoms with van der Waals surface area (Å²) in [5, 5.41) is 11.1. The van der Waals surface area contributed by atoms with Crippen LogP contribution >= 0.6 is 11.6 Å². The van der Waals surface area contributed by atoms with E-state index in [9.17, 15) is 19.7 Å². The zero-order valence-electron chi connectivity index (χ0n) is 12.6. The lowest BCUT2D eigenvalue weighted by Gasteiger charge is -2.05. The number of ether oxygens (including phenoxy) is 1. The summed E-state index contributed by atoms with van der Waals surface area (Å²) < 4.78 is 5.05. The van der Waals surface area contributed by atoms with Gasteiger partial charge in [-0.2, -0.15) is 0 Å². The highest BCUT2D eigenvalue weighted by atomic mass is 35.5. The largest absolute Gasteiger partial charge is 0.461 e. The molecule has 0 aliphatic rings. The van der Waals surface area contributed by atoms with Crippen LogP contribution in [0.3, 0.4) is 0 Å². The van der Waals surface area contributed by atoms with E-state index in [1.54, 1.807) is 24.3 Å². The van der Waals surface area contributed by atoms with Gasteiger partial charge in [-0.15, -0.1) is 0 Å². The van der Waals surface area contributed by atoms with E-state index in [1.165, 1.54) is 24.3 Å². The summed E-state index contributed by atoms with van der Waals surface area (Å²) in [4.78, 5) is 33.6. The molecule has 0 saturated heterocycles. The first kappa shape index (κ1) is 17.6. The van der Waals surface area contributed by atoms with Crippen LogP contribution < -0.4 is 0 Å². The number of benzene rings is 2. The van der Waals surface area contributed by atoms with Gasteiger partial charge in [0.05, 0.1) is 11.3 Å². The van der Waals surface area contributed by atoms with Crippen LogP contribution in [0.1, 0.15) is 28.8 Å². The van der Waals surface area contributed by atoms with Crippen molar-refractivity contribution >= 4 is 29.0 Å². The summed E-state index contributed by atoms with van der Waals surface area (Å²) in [5.41, 5.74) is 1.10. The number of nitrogens with zero attached hydrogens (tertiary/aromatic N) is 1. The number of carbonyl (C=O) groups excluding carboxylic acids is 2. The molecule has 2 aromatic rings. The van der Waals surface area contributed by atoms with Crippen molar-refractivity contribution in [1.82, 2.24) is 0 Å². The molecule has 24 heavy (non-hydrogen) atoms. The monoisotopic (exact) mass is 347 g/mol. The maximum atomic E-state index is 11.9. The summed E-state index contributed by atoms with van der Waals surface area (Å²) in [7, 11) is 0. The van der Waals surface area contributed by atoms with Crippen molar-refractivity contribution in [2.75, 3.05) is 0 Å². The van der Waals surface area contributed by atoms with Gasteiger partial charge in [-0.05, 0) is 42.0 Å². The fraction of sp³-hybridized carbons (Fsp3) is 0.176. The second kappa shape index (κ2) is 8.21. The van der Waals surface area contributed by atoms with Crippen molar-refractivity contribution in [2.24, 2.45) is 0 Å². The molecule has 0 saturated carbocycles. The molecule has 7 heteroatoms. The fourth-order valence-corrected chi connectivity index (χ4v) is 2.07. The van der Waals surface area contributed by atoms with Crippen molar-refractivity contribution in [3.05, 3.63) is 74.8 Å². The minimum atomic E-state index is -0.504. The smallest absolute Gasteiger partial charge is 0.306 e. The van der Waals surface area contributed by atoms with E-state index in [0.717, 1.165) is 0 Å². The predicted octanol–water partition coefficient (Wildman–Crippen LogP) is 3.95. The van der Waals surface area contributed by atoms with Gasteiger partial charge in [0, 0.05) is 29.1 Å². The first-order valence-electron chi connectivity index (χ1n) is 7.13. The molecule has 0 amide bonds. The average Bonchev–Trinajstić information content (AvgIpc) is 2.58. The third-order valence-electron chi connectivity index (χ3n) is 3.27. The first-order valence-corrected chi connectivity index (χ1v) is 7.51. The predicted molar refractivity (Wildman–Crippen MR) is 87.9 cm³/mol. The molecule has 0 N–H and O–H groups in total. The zero-order valence-corrected chi connectivity index (χ0v) is 13.4. The maximum Gasteiger partial charge on any atom is 0.306 e. The molecule has 6 nitrogen and oxygen atoms in total. The number of Topliss-reactive ketones (excluding diaryl/α,β-unsaturated/α-hetero) is 1. The Morgan fingerprint density at radius 3 is 2.21 bits per heavy atom. The van der Waals surface area contributed by atoms with Gasteiger partial charge in [-0.3, -0.25) is 19.7 Å². The molecule has 0 radical (unpaired) electrons. The molecule has 0 atom stereocenters. The number of carbonyl (C=O) groups is 2. The lowest BCUT2D eigenvalue weighted by atomic mass is 10.1. The van der Waals surface area contributed by atoms with Gasteiger partial charge in [0.15, 0.2) is 5.78 Å². The summed E-state index contributed by atoms with van der Waals surface area (Å²) in [6.07, 6.45) is 0.00910. The maximum absolute atomic E-state index is 11.9. The zero-order chi connectivity index (χ0) is 17.5. The molecule has 0 unspecified atom stereocenters. The quantitative estimate of drug-likeness (QED) is 0.327. The van der Waals surface area contributed by atoms with Crippen molar-refractivity contribution < 1.29 is 19.2 Å². The number of nitro groups is 1. The molecule has 124 valence electrons. The van der Waals surface area contributed by atoms with Crippen LogP contribution in [-0.4, -0.2) is 16.7 Å². The van der Waals surface area contributed by atoms with Crippen LogP contribution in [0.4, 0.5) is 5.69 Å². The first-order chi connectivity index (χ1) is 11.5. The fourth-order valence-electron chi connectivity index (χ4n) is 1.95.